The molecule has 0 aromatic heterocycles. The van der Waals surface area contributed by atoms with E-state index >= 15 is 0 Å². The van der Waals surface area contributed by atoms with Gasteiger partial charge in [0, 0.05) is 18.8 Å². The second kappa shape index (κ2) is 10.5. The first-order valence-electron chi connectivity index (χ1n) is 8.96. The van der Waals surface area contributed by atoms with E-state index in [1.165, 1.54) is 13.8 Å². The minimum Gasteiger partial charge on any atom is -0.459 e. The number of carbonyl (C=O) groups is 2. The van der Waals surface area contributed by atoms with Gasteiger partial charge in [-0.2, -0.15) is 0 Å². The monoisotopic (exact) mass is 399 g/mol. The number of ether oxygens (including phenoxy) is 2. The lowest BCUT2D eigenvalue weighted by Crippen LogP contribution is -2.52. The van der Waals surface area contributed by atoms with Gasteiger partial charge in [0.25, 0.3) is 0 Å². The summed E-state index contributed by atoms with van der Waals surface area (Å²) in [6, 6.07) is -0.959. The van der Waals surface area contributed by atoms with Gasteiger partial charge in [-0.15, -0.1) is 0 Å². The molecule has 0 N–H and O–H groups in total. The predicted octanol–water partition coefficient (Wildman–Crippen LogP) is 4.52. The Morgan fingerprint density at radius 2 is 1.67 bits per heavy atom. The third kappa shape index (κ3) is 8.15. The standard InChI is InChI=1S/C18H33N3O5Si/c1-10-11-15(24-13(3)22)16(20-21-19)17(25-14(4)23)12(2)26-27(8,9)18(5,6)7/h10-12,15-17H,1-9H3/b11-10+/t12-,15-,16-,17-/m0/s1. The lowest BCUT2D eigenvalue weighted by atomic mass is 10.0. The molecule has 0 aromatic carbocycles. The van der Waals surface area contributed by atoms with Gasteiger partial charge >= 0.3 is 11.9 Å². The fraction of sp³-hybridized carbons (Fsp3) is 0.778. The zero-order valence-electron chi connectivity index (χ0n) is 17.8. The molecule has 0 bridgehead atoms. The summed E-state index contributed by atoms with van der Waals surface area (Å²) in [5.41, 5.74) is 9.04. The number of azide groups is 1. The molecule has 0 aliphatic rings. The van der Waals surface area contributed by atoms with Crippen LogP contribution in [-0.2, 0) is 23.5 Å². The van der Waals surface area contributed by atoms with Crippen LogP contribution in [0.2, 0.25) is 18.1 Å². The van der Waals surface area contributed by atoms with Crippen molar-refractivity contribution in [1.82, 2.24) is 0 Å². The van der Waals surface area contributed by atoms with Crippen LogP contribution in [0.5, 0.6) is 0 Å². The van der Waals surface area contributed by atoms with Crippen LogP contribution in [0.25, 0.3) is 10.4 Å². The van der Waals surface area contributed by atoms with Gasteiger partial charge in [0.1, 0.15) is 18.2 Å². The normalized spacial score (nSPS) is 16.8. The minimum absolute atomic E-state index is 0.0609. The van der Waals surface area contributed by atoms with E-state index in [1.54, 1.807) is 26.0 Å². The molecule has 0 saturated carbocycles. The lowest BCUT2D eigenvalue weighted by Gasteiger charge is -2.41. The second-order valence-corrected chi connectivity index (χ2v) is 12.7. The number of allylic oxidation sites excluding steroid dienone is 1. The molecule has 4 atom stereocenters. The Bertz CT molecular complexity index is 594. The molecule has 0 amide bonds. The van der Waals surface area contributed by atoms with Gasteiger partial charge in [-0.1, -0.05) is 32.0 Å². The Balaban J connectivity index is 5.97. The maximum atomic E-state index is 11.7. The highest BCUT2D eigenvalue weighted by molar-refractivity contribution is 6.74. The zero-order chi connectivity index (χ0) is 21.4. The minimum atomic E-state index is -2.19. The van der Waals surface area contributed by atoms with Crippen molar-refractivity contribution < 1.29 is 23.5 Å². The van der Waals surface area contributed by atoms with Crippen molar-refractivity contribution >= 4 is 20.3 Å². The summed E-state index contributed by atoms with van der Waals surface area (Å²) in [5, 5.41) is 3.71. The van der Waals surface area contributed by atoms with Crippen molar-refractivity contribution in [3.63, 3.8) is 0 Å². The molecule has 0 radical (unpaired) electrons. The SMILES string of the molecule is C/C=C/[C@H](OC(C)=O)[C@H](N=[N+]=[N-])[C@@H](OC(C)=O)[C@H](C)O[Si](C)(C)C(C)(C)C. The van der Waals surface area contributed by atoms with E-state index in [4.69, 9.17) is 19.4 Å². The van der Waals surface area contributed by atoms with Crippen molar-refractivity contribution in [3.8, 4) is 0 Å². The summed E-state index contributed by atoms with van der Waals surface area (Å²) in [4.78, 5) is 26.1. The molecule has 0 aromatic rings. The highest BCUT2D eigenvalue weighted by atomic mass is 28.4. The average Bonchev–Trinajstić information content (AvgIpc) is 2.48. The van der Waals surface area contributed by atoms with Crippen LogP contribution in [0, 0.1) is 0 Å². The lowest BCUT2D eigenvalue weighted by molar-refractivity contribution is -0.157. The predicted molar refractivity (Wildman–Crippen MR) is 107 cm³/mol. The highest BCUT2D eigenvalue weighted by Crippen LogP contribution is 2.38. The van der Waals surface area contributed by atoms with Crippen molar-refractivity contribution in [2.75, 3.05) is 0 Å². The summed E-state index contributed by atoms with van der Waals surface area (Å²) in [7, 11) is -2.19. The quantitative estimate of drug-likeness (QED) is 0.141. The van der Waals surface area contributed by atoms with Crippen LogP contribution in [0.4, 0.5) is 0 Å². The van der Waals surface area contributed by atoms with Gasteiger partial charge in [0.15, 0.2) is 8.32 Å². The smallest absolute Gasteiger partial charge is 0.303 e. The fourth-order valence-electron chi connectivity index (χ4n) is 2.33. The van der Waals surface area contributed by atoms with Crippen molar-refractivity contribution in [2.45, 2.75) is 91.0 Å². The van der Waals surface area contributed by atoms with E-state index in [2.05, 4.69) is 43.9 Å². The molecule has 27 heavy (non-hydrogen) atoms. The number of nitrogens with zero attached hydrogens (tertiary/aromatic N) is 3. The van der Waals surface area contributed by atoms with Crippen LogP contribution < -0.4 is 0 Å². The molecule has 0 saturated heterocycles. The number of rotatable bonds is 9. The van der Waals surface area contributed by atoms with Crippen molar-refractivity contribution in [2.24, 2.45) is 5.11 Å². The molecule has 9 heteroatoms. The van der Waals surface area contributed by atoms with Crippen LogP contribution in [-0.4, -0.2) is 44.6 Å². The van der Waals surface area contributed by atoms with E-state index in [0.29, 0.717) is 0 Å². The summed E-state index contributed by atoms with van der Waals surface area (Å²) in [6.07, 6.45) is 0.924. The number of hydrogen-bond acceptors (Lipinski definition) is 6. The average molecular weight is 400 g/mol. The molecular weight excluding hydrogens is 366 g/mol. The Morgan fingerprint density at radius 3 is 2.04 bits per heavy atom. The molecule has 0 spiro atoms. The molecule has 154 valence electrons. The summed E-state index contributed by atoms with van der Waals surface area (Å²) < 4.78 is 17.1. The molecule has 0 unspecified atom stereocenters. The van der Waals surface area contributed by atoms with Gasteiger partial charge < -0.3 is 13.9 Å². The number of esters is 2. The van der Waals surface area contributed by atoms with Crippen LogP contribution in [0.1, 0.15) is 48.5 Å². The van der Waals surface area contributed by atoms with E-state index in [-0.39, 0.29) is 5.04 Å². The molecule has 0 rings (SSSR count). The summed E-state index contributed by atoms with van der Waals surface area (Å²) >= 11 is 0. The van der Waals surface area contributed by atoms with E-state index in [0.717, 1.165) is 0 Å². The van der Waals surface area contributed by atoms with Gasteiger partial charge in [0.2, 0.25) is 0 Å². The largest absolute Gasteiger partial charge is 0.459 e. The van der Waals surface area contributed by atoms with Gasteiger partial charge in [-0.25, -0.2) is 0 Å². The Kier molecular flexibility index (Phi) is 9.78. The van der Waals surface area contributed by atoms with E-state index in [9.17, 15) is 9.59 Å². The van der Waals surface area contributed by atoms with Gasteiger partial charge in [-0.3, -0.25) is 9.59 Å². The van der Waals surface area contributed by atoms with Crippen LogP contribution >= 0.6 is 0 Å². The third-order valence-corrected chi connectivity index (χ3v) is 9.17. The highest BCUT2D eigenvalue weighted by Gasteiger charge is 2.43. The number of hydrogen-bond donors (Lipinski definition) is 0. The third-order valence-electron chi connectivity index (χ3n) is 4.59. The summed E-state index contributed by atoms with van der Waals surface area (Å²) in [6.45, 7) is 16.5. The van der Waals surface area contributed by atoms with Crippen molar-refractivity contribution in [1.29, 1.82) is 0 Å². The molecule has 0 aliphatic carbocycles. The fourth-order valence-corrected chi connectivity index (χ4v) is 3.74. The molecule has 0 aliphatic heterocycles. The topological polar surface area (TPSA) is 111 Å². The molecule has 0 fully saturated rings. The van der Waals surface area contributed by atoms with Crippen LogP contribution in [0.3, 0.4) is 0 Å². The van der Waals surface area contributed by atoms with Gasteiger partial charge in [-0.05, 0) is 43.6 Å². The Morgan fingerprint density at radius 1 is 1.15 bits per heavy atom. The maximum Gasteiger partial charge on any atom is 0.303 e. The maximum absolute atomic E-state index is 11.7. The molecular formula is C18H33N3O5Si. The second-order valence-electron chi connectivity index (χ2n) is 7.95. The first-order chi connectivity index (χ1) is 12.3. The van der Waals surface area contributed by atoms with E-state index in [1.807, 2.05) is 0 Å². The Hall–Kier alpha value is -1.83. The van der Waals surface area contributed by atoms with Crippen LogP contribution in [0.15, 0.2) is 17.3 Å². The Labute approximate surface area is 163 Å². The van der Waals surface area contributed by atoms with Crippen molar-refractivity contribution in [3.05, 3.63) is 22.6 Å². The first kappa shape index (κ1) is 25.2. The first-order valence-corrected chi connectivity index (χ1v) is 11.9. The van der Waals surface area contributed by atoms with E-state index < -0.39 is 44.6 Å². The zero-order valence-corrected chi connectivity index (χ0v) is 18.8. The number of carbonyl (C=O) groups excluding carboxylic acids is 2. The molecule has 0 heterocycles. The van der Waals surface area contributed by atoms with Gasteiger partial charge in [0.05, 0.1) is 6.10 Å². The molecule has 8 nitrogen and oxygen atoms in total. The summed E-state index contributed by atoms with van der Waals surface area (Å²) in [5.74, 6) is -1.07.